The number of rotatable bonds is 3. The lowest BCUT2D eigenvalue weighted by molar-refractivity contribution is 0.0992. The van der Waals surface area contributed by atoms with Gasteiger partial charge in [-0.05, 0) is 38.1 Å². The maximum atomic E-state index is 12.5. The Balaban J connectivity index is 1.93. The number of carbonyl (C=O) groups excluding carboxylic acids is 1. The minimum absolute atomic E-state index is 0.111. The zero-order valence-corrected chi connectivity index (χ0v) is 12.4. The highest BCUT2D eigenvalue weighted by Crippen LogP contribution is 2.18. The van der Waals surface area contributed by atoms with Crippen LogP contribution >= 0.6 is 0 Å². The molecule has 0 bridgehead atoms. The fourth-order valence-electron chi connectivity index (χ4n) is 2.58. The number of pyridine rings is 1. The lowest BCUT2D eigenvalue weighted by Gasteiger charge is -2.04. The van der Waals surface area contributed by atoms with E-state index >= 15 is 0 Å². The van der Waals surface area contributed by atoms with E-state index in [1.54, 1.807) is 6.20 Å². The smallest absolute Gasteiger partial charge is 0.167 e. The highest BCUT2D eigenvalue weighted by Gasteiger charge is 2.15. The molecule has 0 spiro atoms. The van der Waals surface area contributed by atoms with Crippen molar-refractivity contribution in [2.75, 3.05) is 0 Å². The van der Waals surface area contributed by atoms with Crippen LogP contribution in [-0.4, -0.2) is 20.5 Å². The summed E-state index contributed by atoms with van der Waals surface area (Å²) in [7, 11) is 1.90. The molecule has 2 heterocycles. The average molecular weight is 279 g/mol. The van der Waals surface area contributed by atoms with Gasteiger partial charge in [0.1, 0.15) is 0 Å². The number of ketones is 1. The Morgan fingerprint density at radius 2 is 2.05 bits per heavy atom. The van der Waals surface area contributed by atoms with E-state index in [9.17, 15) is 4.79 Å². The van der Waals surface area contributed by atoms with Crippen molar-refractivity contribution in [1.82, 2.24) is 14.8 Å². The van der Waals surface area contributed by atoms with Crippen LogP contribution in [-0.2, 0) is 13.5 Å². The number of benzene rings is 1. The second-order valence-corrected chi connectivity index (χ2v) is 5.28. The average Bonchev–Trinajstić information content (AvgIpc) is 2.73. The van der Waals surface area contributed by atoms with Crippen LogP contribution in [0.15, 0.2) is 36.5 Å². The van der Waals surface area contributed by atoms with Crippen molar-refractivity contribution in [1.29, 1.82) is 0 Å². The highest BCUT2D eigenvalue weighted by atomic mass is 16.1. The van der Waals surface area contributed by atoms with E-state index in [4.69, 9.17) is 0 Å². The Hall–Kier alpha value is -2.49. The van der Waals surface area contributed by atoms with E-state index in [0.717, 1.165) is 33.4 Å². The van der Waals surface area contributed by atoms with E-state index in [2.05, 4.69) is 10.1 Å². The quantitative estimate of drug-likeness (QED) is 0.692. The van der Waals surface area contributed by atoms with Gasteiger partial charge < -0.3 is 0 Å². The van der Waals surface area contributed by atoms with Crippen LogP contribution in [0, 0.1) is 13.8 Å². The van der Waals surface area contributed by atoms with Crippen LogP contribution < -0.4 is 0 Å². The molecule has 3 aromatic rings. The zero-order chi connectivity index (χ0) is 15.0. The minimum Gasteiger partial charge on any atom is -0.294 e. The van der Waals surface area contributed by atoms with Gasteiger partial charge >= 0.3 is 0 Å². The molecular weight excluding hydrogens is 262 g/mol. The predicted molar refractivity (Wildman–Crippen MR) is 82.5 cm³/mol. The highest BCUT2D eigenvalue weighted by molar-refractivity contribution is 6.00. The summed E-state index contributed by atoms with van der Waals surface area (Å²) in [5.74, 6) is 0.111. The van der Waals surface area contributed by atoms with Crippen LogP contribution in [0.1, 0.15) is 27.3 Å². The molecule has 0 atom stereocenters. The normalized spacial score (nSPS) is 11.0. The van der Waals surface area contributed by atoms with Gasteiger partial charge in [0.25, 0.3) is 0 Å². The van der Waals surface area contributed by atoms with Gasteiger partial charge in [-0.15, -0.1) is 0 Å². The molecule has 4 heteroatoms. The Labute approximate surface area is 123 Å². The van der Waals surface area contributed by atoms with Crippen molar-refractivity contribution in [2.24, 2.45) is 7.05 Å². The van der Waals surface area contributed by atoms with Crippen molar-refractivity contribution in [3.05, 3.63) is 59.0 Å². The Kier molecular flexibility index (Phi) is 3.29. The standard InChI is InChI=1S/C17H17N3O/c1-11-15(12(2)20(3)19-11)10-17(21)14-6-7-16-13(9-14)5-4-8-18-16/h4-9H,10H2,1-3H3. The molecule has 0 aliphatic heterocycles. The van der Waals surface area contributed by atoms with Gasteiger partial charge in [-0.3, -0.25) is 14.5 Å². The SMILES string of the molecule is Cc1nn(C)c(C)c1CC(=O)c1ccc2ncccc2c1. The number of hydrogen-bond acceptors (Lipinski definition) is 3. The van der Waals surface area contributed by atoms with Crippen LogP contribution in [0.3, 0.4) is 0 Å². The van der Waals surface area contributed by atoms with Gasteiger partial charge in [0, 0.05) is 41.9 Å². The number of aromatic nitrogens is 3. The molecular formula is C17H17N3O. The summed E-state index contributed by atoms with van der Waals surface area (Å²) in [6.07, 6.45) is 2.14. The van der Waals surface area contributed by atoms with Gasteiger partial charge in [-0.1, -0.05) is 6.07 Å². The second-order valence-electron chi connectivity index (χ2n) is 5.28. The Morgan fingerprint density at radius 3 is 2.76 bits per heavy atom. The summed E-state index contributed by atoms with van der Waals surface area (Å²) >= 11 is 0. The Bertz CT molecular complexity index is 833. The monoisotopic (exact) mass is 279 g/mol. The number of Topliss-reactive ketones (excluding diaryl/α,β-unsaturated/α-hetero) is 1. The molecule has 0 saturated heterocycles. The largest absolute Gasteiger partial charge is 0.294 e. The molecule has 0 radical (unpaired) electrons. The Morgan fingerprint density at radius 1 is 1.24 bits per heavy atom. The fourth-order valence-corrected chi connectivity index (χ4v) is 2.58. The fraction of sp³-hybridized carbons (Fsp3) is 0.235. The summed E-state index contributed by atoms with van der Waals surface area (Å²) in [6, 6.07) is 9.50. The molecule has 2 aromatic heterocycles. The molecule has 0 unspecified atom stereocenters. The first-order chi connectivity index (χ1) is 10.1. The van der Waals surface area contributed by atoms with Crippen LogP contribution in [0.25, 0.3) is 10.9 Å². The zero-order valence-electron chi connectivity index (χ0n) is 12.4. The molecule has 21 heavy (non-hydrogen) atoms. The first-order valence-corrected chi connectivity index (χ1v) is 6.93. The van der Waals surface area contributed by atoms with Crippen molar-refractivity contribution in [2.45, 2.75) is 20.3 Å². The van der Waals surface area contributed by atoms with Gasteiger partial charge in [0.2, 0.25) is 0 Å². The molecule has 0 fully saturated rings. The van der Waals surface area contributed by atoms with Gasteiger partial charge in [0.15, 0.2) is 5.78 Å². The molecule has 3 rings (SSSR count). The van der Waals surface area contributed by atoms with Gasteiger partial charge in [-0.25, -0.2) is 0 Å². The predicted octanol–water partition coefficient (Wildman–Crippen LogP) is 3.01. The summed E-state index contributed by atoms with van der Waals surface area (Å²) in [5, 5.41) is 5.35. The number of nitrogens with zero attached hydrogens (tertiary/aromatic N) is 3. The number of carbonyl (C=O) groups is 1. The summed E-state index contributed by atoms with van der Waals surface area (Å²) in [6.45, 7) is 3.94. The topological polar surface area (TPSA) is 47.8 Å². The first-order valence-electron chi connectivity index (χ1n) is 6.93. The van der Waals surface area contributed by atoms with Crippen molar-refractivity contribution < 1.29 is 4.79 Å². The van der Waals surface area contributed by atoms with E-state index in [1.807, 2.05) is 55.9 Å². The van der Waals surface area contributed by atoms with Crippen molar-refractivity contribution in [3.63, 3.8) is 0 Å². The number of hydrogen-bond donors (Lipinski definition) is 0. The second kappa shape index (κ2) is 5.13. The van der Waals surface area contributed by atoms with Crippen molar-refractivity contribution >= 4 is 16.7 Å². The van der Waals surface area contributed by atoms with E-state index < -0.39 is 0 Å². The molecule has 106 valence electrons. The summed E-state index contributed by atoms with van der Waals surface area (Å²) < 4.78 is 1.82. The van der Waals surface area contributed by atoms with Crippen LogP contribution in [0.4, 0.5) is 0 Å². The molecule has 0 aliphatic carbocycles. The third kappa shape index (κ3) is 2.44. The summed E-state index contributed by atoms with van der Waals surface area (Å²) in [5.41, 5.74) is 4.61. The third-order valence-electron chi connectivity index (χ3n) is 3.92. The molecule has 1 aromatic carbocycles. The molecule has 0 N–H and O–H groups in total. The lowest BCUT2D eigenvalue weighted by Crippen LogP contribution is -2.05. The molecule has 0 amide bonds. The maximum absolute atomic E-state index is 12.5. The van der Waals surface area contributed by atoms with Gasteiger partial charge in [-0.2, -0.15) is 5.10 Å². The van der Waals surface area contributed by atoms with Crippen LogP contribution in [0.2, 0.25) is 0 Å². The molecule has 4 nitrogen and oxygen atoms in total. The summed E-state index contributed by atoms with van der Waals surface area (Å²) in [4.78, 5) is 16.8. The van der Waals surface area contributed by atoms with E-state index in [-0.39, 0.29) is 5.78 Å². The molecule has 0 aliphatic rings. The third-order valence-corrected chi connectivity index (χ3v) is 3.92. The van der Waals surface area contributed by atoms with Crippen molar-refractivity contribution in [3.8, 4) is 0 Å². The first kappa shape index (κ1) is 13.5. The number of fused-ring (bicyclic) bond motifs is 1. The van der Waals surface area contributed by atoms with E-state index in [0.29, 0.717) is 6.42 Å². The number of aryl methyl sites for hydroxylation is 2. The molecule has 0 saturated carbocycles. The van der Waals surface area contributed by atoms with Gasteiger partial charge in [0.05, 0.1) is 11.2 Å². The van der Waals surface area contributed by atoms with Crippen LogP contribution in [0.5, 0.6) is 0 Å². The maximum Gasteiger partial charge on any atom is 0.167 e. The van der Waals surface area contributed by atoms with E-state index in [1.165, 1.54) is 0 Å². The minimum atomic E-state index is 0.111. The lowest BCUT2D eigenvalue weighted by atomic mass is 10.0.